The molecule has 2 N–H and O–H groups in total. The lowest BCUT2D eigenvalue weighted by Crippen LogP contribution is -2.20. The number of nitrogens with zero attached hydrogens (tertiary/aromatic N) is 2. The number of rotatable bonds is 2. The lowest BCUT2D eigenvalue weighted by atomic mass is 10.2. The van der Waals surface area contributed by atoms with E-state index in [-0.39, 0.29) is 16.6 Å². The third kappa shape index (κ3) is 4.85. The highest BCUT2D eigenvalue weighted by atomic mass is 35.5. The molecule has 0 saturated carbocycles. The summed E-state index contributed by atoms with van der Waals surface area (Å²) in [6, 6.07) is 6.73. The average molecular weight is 308 g/mol. The third-order valence-electron chi connectivity index (χ3n) is 2.41. The first-order valence-corrected chi connectivity index (χ1v) is 6.32. The fourth-order valence-corrected chi connectivity index (χ4v) is 1.59. The molecule has 0 aromatic carbocycles. The summed E-state index contributed by atoms with van der Waals surface area (Å²) >= 11 is 5.48. The maximum atomic E-state index is 11.1. The number of carboxylic acids is 1. The molecule has 7 heteroatoms. The van der Waals surface area contributed by atoms with Crippen LogP contribution in [0.2, 0.25) is 5.02 Å². The Kier molecular flexibility index (Phi) is 6.29. The van der Waals surface area contributed by atoms with Crippen LogP contribution in [-0.2, 0) is 0 Å². The zero-order chi connectivity index (χ0) is 15.8. The van der Waals surface area contributed by atoms with E-state index in [0.29, 0.717) is 5.69 Å². The number of hydrogen-bond donors (Lipinski definition) is 2. The van der Waals surface area contributed by atoms with Gasteiger partial charge in [-0.1, -0.05) is 17.7 Å². The maximum Gasteiger partial charge on any atom is 0.356 e. The Morgan fingerprint density at radius 1 is 1.14 bits per heavy atom. The van der Waals surface area contributed by atoms with Gasteiger partial charge in [0.15, 0.2) is 5.69 Å². The number of aromatic carboxylic acids is 1. The van der Waals surface area contributed by atoms with Gasteiger partial charge >= 0.3 is 5.97 Å². The van der Waals surface area contributed by atoms with Gasteiger partial charge in [0.2, 0.25) is 0 Å². The molecule has 110 valence electrons. The summed E-state index contributed by atoms with van der Waals surface area (Å²) in [5.41, 5.74) is 1.28. The lowest BCUT2D eigenvalue weighted by molar-refractivity contribution is 0.0690. The number of halogens is 1. The van der Waals surface area contributed by atoms with Gasteiger partial charge in [0, 0.05) is 19.4 Å². The molecule has 0 atom stereocenters. The molecule has 21 heavy (non-hydrogen) atoms. The van der Waals surface area contributed by atoms with Gasteiger partial charge in [-0.25, -0.2) is 9.78 Å². The Morgan fingerprint density at radius 3 is 2.14 bits per heavy atom. The molecule has 0 saturated heterocycles. The van der Waals surface area contributed by atoms with Crippen LogP contribution in [0.3, 0.4) is 0 Å². The number of carbonyl (C=O) groups is 2. The molecule has 0 bridgehead atoms. The molecule has 0 fully saturated rings. The second kappa shape index (κ2) is 7.96. The van der Waals surface area contributed by atoms with E-state index in [1.807, 2.05) is 19.1 Å². The first kappa shape index (κ1) is 16.6. The molecule has 2 aromatic heterocycles. The van der Waals surface area contributed by atoms with Gasteiger partial charge in [-0.3, -0.25) is 9.78 Å². The van der Waals surface area contributed by atoms with Gasteiger partial charge in [-0.2, -0.15) is 0 Å². The summed E-state index contributed by atoms with van der Waals surface area (Å²) in [6.45, 7) is 1.86. The molecule has 2 rings (SSSR count). The predicted molar refractivity (Wildman–Crippen MR) is 78.6 cm³/mol. The van der Waals surface area contributed by atoms with E-state index in [4.69, 9.17) is 16.7 Å². The van der Waals surface area contributed by atoms with Crippen LogP contribution in [0, 0.1) is 6.92 Å². The first-order valence-electron chi connectivity index (χ1n) is 5.95. The van der Waals surface area contributed by atoms with Crippen molar-refractivity contribution in [1.82, 2.24) is 15.3 Å². The van der Waals surface area contributed by atoms with Gasteiger partial charge in [0.05, 0.1) is 5.02 Å². The summed E-state index contributed by atoms with van der Waals surface area (Å²) in [5, 5.41) is 11.1. The van der Waals surface area contributed by atoms with Gasteiger partial charge < -0.3 is 10.4 Å². The topological polar surface area (TPSA) is 92.2 Å². The minimum atomic E-state index is -1.11. The number of aryl methyl sites for hydroxylation is 1. The van der Waals surface area contributed by atoms with Crippen LogP contribution < -0.4 is 5.32 Å². The normalized spacial score (nSPS) is 9.29. The minimum absolute atomic E-state index is 0.107. The molecule has 2 heterocycles. The quantitative estimate of drug-likeness (QED) is 0.887. The van der Waals surface area contributed by atoms with Crippen molar-refractivity contribution in [2.45, 2.75) is 6.92 Å². The zero-order valence-electron chi connectivity index (χ0n) is 11.5. The van der Waals surface area contributed by atoms with E-state index < -0.39 is 5.97 Å². The molecule has 0 aliphatic heterocycles. The number of nitrogens with one attached hydrogen (secondary N) is 1. The zero-order valence-corrected chi connectivity index (χ0v) is 12.3. The predicted octanol–water partition coefficient (Wildman–Crippen LogP) is 2.18. The first-order chi connectivity index (χ1) is 9.97. The molecule has 0 aliphatic rings. The molecule has 1 amide bonds. The van der Waals surface area contributed by atoms with Crippen molar-refractivity contribution in [2.24, 2.45) is 0 Å². The second-order valence-electron chi connectivity index (χ2n) is 3.89. The van der Waals surface area contributed by atoms with E-state index in [1.165, 1.54) is 12.3 Å². The van der Waals surface area contributed by atoms with Crippen molar-refractivity contribution in [3.63, 3.8) is 0 Å². The average Bonchev–Trinajstić information content (AvgIpc) is 2.48. The summed E-state index contributed by atoms with van der Waals surface area (Å²) < 4.78 is 0. The molecule has 0 radical (unpaired) electrons. The standard InChI is InChI=1S/C8H10N2O.C6H4ClNO2/c1-6-4-3-5-10-7(6)8(11)9-2;7-4-2-1-3-8-5(4)6(9)10/h3-5H,1-2H3,(H,9,11);1-3H,(H,9,10). The molecule has 0 aliphatic carbocycles. The van der Waals surface area contributed by atoms with Crippen molar-refractivity contribution < 1.29 is 14.7 Å². The van der Waals surface area contributed by atoms with E-state index in [2.05, 4.69) is 15.3 Å². The Labute approximate surface area is 126 Å². The van der Waals surface area contributed by atoms with Crippen molar-refractivity contribution in [1.29, 1.82) is 0 Å². The van der Waals surface area contributed by atoms with Crippen LogP contribution in [0.1, 0.15) is 26.5 Å². The minimum Gasteiger partial charge on any atom is -0.476 e. The van der Waals surface area contributed by atoms with Crippen LogP contribution in [0.15, 0.2) is 36.7 Å². The van der Waals surface area contributed by atoms with Crippen molar-refractivity contribution in [3.05, 3.63) is 58.6 Å². The van der Waals surface area contributed by atoms with Gasteiger partial charge in [-0.15, -0.1) is 0 Å². The number of pyridine rings is 2. The van der Waals surface area contributed by atoms with Crippen LogP contribution >= 0.6 is 11.6 Å². The maximum absolute atomic E-state index is 11.1. The van der Waals surface area contributed by atoms with E-state index >= 15 is 0 Å². The van der Waals surface area contributed by atoms with Gasteiger partial charge in [0.1, 0.15) is 5.69 Å². The van der Waals surface area contributed by atoms with Crippen LogP contribution in [-0.4, -0.2) is 34.0 Å². The van der Waals surface area contributed by atoms with E-state index in [0.717, 1.165) is 5.56 Å². The molecule has 2 aromatic rings. The molecular formula is C14H14ClN3O3. The number of amides is 1. The number of carboxylic acid groups (broad SMARTS) is 1. The lowest BCUT2D eigenvalue weighted by Gasteiger charge is -2.00. The highest BCUT2D eigenvalue weighted by Gasteiger charge is 2.07. The molecule has 0 spiro atoms. The molecule has 0 unspecified atom stereocenters. The highest BCUT2D eigenvalue weighted by Crippen LogP contribution is 2.10. The Hall–Kier alpha value is -2.47. The Bertz CT molecular complexity index is 647. The number of hydrogen-bond acceptors (Lipinski definition) is 4. The van der Waals surface area contributed by atoms with E-state index in [9.17, 15) is 9.59 Å². The number of aromatic nitrogens is 2. The van der Waals surface area contributed by atoms with E-state index in [1.54, 1.807) is 19.3 Å². The fraction of sp³-hybridized carbons (Fsp3) is 0.143. The third-order valence-corrected chi connectivity index (χ3v) is 2.72. The Morgan fingerprint density at radius 2 is 1.71 bits per heavy atom. The fourth-order valence-electron chi connectivity index (χ4n) is 1.38. The monoisotopic (exact) mass is 307 g/mol. The second-order valence-corrected chi connectivity index (χ2v) is 4.29. The molecular weight excluding hydrogens is 294 g/mol. The van der Waals surface area contributed by atoms with Crippen molar-refractivity contribution in [2.75, 3.05) is 7.05 Å². The Balaban J connectivity index is 0.000000211. The number of carbonyl (C=O) groups excluding carboxylic acids is 1. The largest absolute Gasteiger partial charge is 0.476 e. The summed E-state index contributed by atoms with van der Waals surface area (Å²) in [4.78, 5) is 28.8. The SMILES string of the molecule is CNC(=O)c1ncccc1C.O=C(O)c1ncccc1Cl. The van der Waals surface area contributed by atoms with Crippen LogP contribution in [0.25, 0.3) is 0 Å². The summed E-state index contributed by atoms with van der Waals surface area (Å²) in [5.74, 6) is -1.24. The smallest absolute Gasteiger partial charge is 0.356 e. The van der Waals surface area contributed by atoms with Crippen LogP contribution in [0.4, 0.5) is 0 Å². The summed E-state index contributed by atoms with van der Waals surface area (Å²) in [6.07, 6.45) is 2.99. The van der Waals surface area contributed by atoms with Crippen molar-refractivity contribution in [3.8, 4) is 0 Å². The molecule has 6 nitrogen and oxygen atoms in total. The van der Waals surface area contributed by atoms with Crippen LogP contribution in [0.5, 0.6) is 0 Å². The highest BCUT2D eigenvalue weighted by molar-refractivity contribution is 6.33. The van der Waals surface area contributed by atoms with Gasteiger partial charge in [0.25, 0.3) is 5.91 Å². The van der Waals surface area contributed by atoms with Crippen molar-refractivity contribution >= 4 is 23.5 Å². The summed E-state index contributed by atoms with van der Waals surface area (Å²) in [7, 11) is 1.59. The van der Waals surface area contributed by atoms with Gasteiger partial charge in [-0.05, 0) is 30.7 Å².